The van der Waals surface area contributed by atoms with Gasteiger partial charge in [0.15, 0.2) is 0 Å². The van der Waals surface area contributed by atoms with Gasteiger partial charge in [-0.05, 0) is 52.7 Å². The number of nitrogens with zero attached hydrogens (tertiary/aromatic N) is 1. The number of fused-ring (bicyclic) bond motifs is 3. The highest BCUT2D eigenvalue weighted by atomic mass is 79.9. The maximum atomic E-state index is 13.0. The van der Waals surface area contributed by atoms with Crippen LogP contribution in [0.5, 0.6) is 0 Å². The van der Waals surface area contributed by atoms with Crippen LogP contribution in [0, 0.1) is 0 Å². The molecule has 0 bridgehead atoms. The Labute approximate surface area is 156 Å². The second-order valence-electron chi connectivity index (χ2n) is 6.29. The van der Waals surface area contributed by atoms with Gasteiger partial charge in [-0.1, -0.05) is 46.3 Å². The standard InChI is InChI=1S/C19H19BrN2O2S/c20-19-13-14-12-15(25(23,24)22-10-3-8-21-9-11-22)6-7-16(14)17-4-1-2-5-18(17)19/h1-2,4-7,12-13,21H,3,8-11H2. The third-order valence-electron chi connectivity index (χ3n) is 4.72. The molecule has 0 radical (unpaired) electrons. The fourth-order valence-corrected chi connectivity index (χ4v) is 5.52. The Morgan fingerprint density at radius 2 is 1.72 bits per heavy atom. The Morgan fingerprint density at radius 3 is 2.56 bits per heavy atom. The predicted molar refractivity (Wildman–Crippen MR) is 105 cm³/mol. The van der Waals surface area contributed by atoms with Crippen molar-refractivity contribution in [1.82, 2.24) is 9.62 Å². The minimum absolute atomic E-state index is 0.365. The third-order valence-corrected chi connectivity index (χ3v) is 7.27. The first-order chi connectivity index (χ1) is 12.1. The first kappa shape index (κ1) is 17.0. The summed E-state index contributed by atoms with van der Waals surface area (Å²) in [4.78, 5) is 0.365. The summed E-state index contributed by atoms with van der Waals surface area (Å²) in [5.74, 6) is 0. The van der Waals surface area contributed by atoms with E-state index >= 15 is 0 Å². The zero-order valence-corrected chi connectivity index (χ0v) is 16.1. The highest BCUT2D eigenvalue weighted by Crippen LogP contribution is 2.33. The van der Waals surface area contributed by atoms with E-state index < -0.39 is 10.0 Å². The Bertz CT molecular complexity index is 1040. The smallest absolute Gasteiger partial charge is 0.243 e. The number of hydrogen-bond acceptors (Lipinski definition) is 3. The van der Waals surface area contributed by atoms with Gasteiger partial charge in [0.25, 0.3) is 0 Å². The summed E-state index contributed by atoms with van der Waals surface area (Å²) in [6.45, 7) is 2.64. The van der Waals surface area contributed by atoms with Crippen molar-refractivity contribution in [2.45, 2.75) is 11.3 Å². The molecule has 0 amide bonds. The molecule has 1 N–H and O–H groups in total. The van der Waals surface area contributed by atoms with Gasteiger partial charge in [-0.25, -0.2) is 8.42 Å². The fourth-order valence-electron chi connectivity index (χ4n) is 3.42. The summed E-state index contributed by atoms with van der Waals surface area (Å²) in [7, 11) is -3.46. The lowest BCUT2D eigenvalue weighted by Crippen LogP contribution is -2.34. The van der Waals surface area contributed by atoms with Crippen molar-refractivity contribution in [3.63, 3.8) is 0 Å². The zero-order valence-electron chi connectivity index (χ0n) is 13.7. The van der Waals surface area contributed by atoms with Crippen LogP contribution in [0.25, 0.3) is 21.5 Å². The van der Waals surface area contributed by atoms with E-state index in [1.165, 1.54) is 0 Å². The molecule has 130 valence electrons. The highest BCUT2D eigenvalue weighted by Gasteiger charge is 2.25. The van der Waals surface area contributed by atoms with Gasteiger partial charge in [-0.2, -0.15) is 4.31 Å². The predicted octanol–water partition coefficient (Wildman–Crippen LogP) is 3.74. The Morgan fingerprint density at radius 1 is 0.920 bits per heavy atom. The van der Waals surface area contributed by atoms with Crippen molar-refractivity contribution >= 4 is 47.5 Å². The van der Waals surface area contributed by atoms with Crippen LogP contribution in [0.15, 0.2) is 57.9 Å². The van der Waals surface area contributed by atoms with Gasteiger partial charge in [-0.3, -0.25) is 0 Å². The van der Waals surface area contributed by atoms with E-state index in [0.29, 0.717) is 24.5 Å². The first-order valence-corrected chi connectivity index (χ1v) is 10.6. The van der Waals surface area contributed by atoms with Gasteiger partial charge in [0.05, 0.1) is 4.90 Å². The summed E-state index contributed by atoms with van der Waals surface area (Å²) < 4.78 is 28.6. The molecule has 1 aliphatic heterocycles. The molecule has 1 heterocycles. The molecule has 6 heteroatoms. The summed E-state index contributed by atoms with van der Waals surface area (Å²) in [6, 6.07) is 15.6. The molecular weight excluding hydrogens is 400 g/mol. The van der Waals surface area contributed by atoms with Crippen LogP contribution in [0.1, 0.15) is 6.42 Å². The number of nitrogens with one attached hydrogen (secondary N) is 1. The van der Waals surface area contributed by atoms with E-state index in [4.69, 9.17) is 0 Å². The summed E-state index contributed by atoms with van der Waals surface area (Å²) in [5, 5.41) is 7.49. The first-order valence-electron chi connectivity index (χ1n) is 8.39. The van der Waals surface area contributed by atoms with E-state index in [1.807, 2.05) is 24.3 Å². The molecule has 0 spiro atoms. The second kappa shape index (κ2) is 6.68. The van der Waals surface area contributed by atoms with Gasteiger partial charge in [0, 0.05) is 24.1 Å². The summed E-state index contributed by atoms with van der Waals surface area (Å²) in [5.41, 5.74) is 0. The van der Waals surface area contributed by atoms with Crippen molar-refractivity contribution in [1.29, 1.82) is 0 Å². The van der Waals surface area contributed by atoms with Crippen LogP contribution >= 0.6 is 15.9 Å². The van der Waals surface area contributed by atoms with Crippen molar-refractivity contribution in [2.24, 2.45) is 0 Å². The van der Waals surface area contributed by atoms with Crippen LogP contribution in [0.2, 0.25) is 0 Å². The minimum atomic E-state index is -3.46. The molecule has 4 nitrogen and oxygen atoms in total. The van der Waals surface area contributed by atoms with Gasteiger partial charge in [0.2, 0.25) is 10.0 Å². The Hall–Kier alpha value is -1.47. The molecule has 0 unspecified atom stereocenters. The van der Waals surface area contributed by atoms with E-state index in [0.717, 1.165) is 39.0 Å². The lowest BCUT2D eigenvalue weighted by molar-refractivity contribution is 0.432. The zero-order chi connectivity index (χ0) is 17.4. The SMILES string of the molecule is O=S(=O)(c1ccc2c(c1)cc(Br)c1ccccc12)N1CCCNCC1. The molecule has 3 aromatic rings. The van der Waals surface area contributed by atoms with Crippen molar-refractivity contribution in [3.8, 4) is 0 Å². The number of sulfonamides is 1. The van der Waals surface area contributed by atoms with Crippen LogP contribution in [0.3, 0.4) is 0 Å². The van der Waals surface area contributed by atoms with Gasteiger partial charge in [0.1, 0.15) is 0 Å². The Kier molecular flexibility index (Phi) is 4.54. The second-order valence-corrected chi connectivity index (χ2v) is 9.09. The normalized spacial score (nSPS) is 17.0. The fraction of sp³-hybridized carbons (Fsp3) is 0.263. The molecule has 0 aliphatic carbocycles. The van der Waals surface area contributed by atoms with Crippen LogP contribution in [-0.2, 0) is 10.0 Å². The van der Waals surface area contributed by atoms with E-state index in [1.54, 1.807) is 16.4 Å². The van der Waals surface area contributed by atoms with Crippen molar-refractivity contribution in [2.75, 3.05) is 26.2 Å². The molecular formula is C19H19BrN2O2S. The van der Waals surface area contributed by atoms with Gasteiger partial charge >= 0.3 is 0 Å². The summed E-state index contributed by atoms with van der Waals surface area (Å²) >= 11 is 3.61. The molecule has 1 fully saturated rings. The van der Waals surface area contributed by atoms with Crippen molar-refractivity contribution < 1.29 is 8.42 Å². The van der Waals surface area contributed by atoms with Crippen LogP contribution in [-0.4, -0.2) is 38.9 Å². The molecule has 4 rings (SSSR count). The monoisotopic (exact) mass is 418 g/mol. The maximum Gasteiger partial charge on any atom is 0.243 e. The average molecular weight is 419 g/mol. The van der Waals surface area contributed by atoms with Crippen LogP contribution < -0.4 is 5.32 Å². The van der Waals surface area contributed by atoms with Crippen molar-refractivity contribution in [3.05, 3.63) is 53.0 Å². The van der Waals surface area contributed by atoms with Gasteiger partial charge < -0.3 is 5.32 Å². The molecule has 0 atom stereocenters. The summed E-state index contributed by atoms with van der Waals surface area (Å²) in [6.07, 6.45) is 0.836. The minimum Gasteiger partial charge on any atom is -0.315 e. The third kappa shape index (κ3) is 3.08. The quantitative estimate of drug-likeness (QED) is 0.644. The van der Waals surface area contributed by atoms with E-state index in [2.05, 4.69) is 33.4 Å². The molecule has 3 aromatic carbocycles. The number of benzene rings is 3. The topological polar surface area (TPSA) is 49.4 Å². The maximum absolute atomic E-state index is 13.0. The lowest BCUT2D eigenvalue weighted by Gasteiger charge is -2.20. The number of rotatable bonds is 2. The molecule has 25 heavy (non-hydrogen) atoms. The van der Waals surface area contributed by atoms with E-state index in [-0.39, 0.29) is 0 Å². The number of halogens is 1. The average Bonchev–Trinajstić information content (AvgIpc) is 2.91. The van der Waals surface area contributed by atoms with Gasteiger partial charge in [-0.15, -0.1) is 0 Å². The molecule has 0 saturated carbocycles. The largest absolute Gasteiger partial charge is 0.315 e. The number of hydrogen-bond donors (Lipinski definition) is 1. The van der Waals surface area contributed by atoms with Crippen LogP contribution in [0.4, 0.5) is 0 Å². The highest BCUT2D eigenvalue weighted by molar-refractivity contribution is 9.10. The molecule has 1 saturated heterocycles. The van der Waals surface area contributed by atoms with E-state index in [9.17, 15) is 8.42 Å². The lowest BCUT2D eigenvalue weighted by atomic mass is 10.0. The Balaban J connectivity index is 1.85. The molecule has 0 aromatic heterocycles. The molecule has 1 aliphatic rings.